The van der Waals surface area contributed by atoms with E-state index in [1.807, 2.05) is 0 Å². The van der Waals surface area contributed by atoms with Crippen molar-refractivity contribution in [1.29, 1.82) is 0 Å². The third-order valence-electron chi connectivity index (χ3n) is 1.25. The first kappa shape index (κ1) is 16.1. The highest BCUT2D eigenvalue weighted by atomic mass is 32.2. The highest BCUT2D eigenvalue weighted by Crippen LogP contribution is 2.48. The van der Waals surface area contributed by atoms with Crippen LogP contribution in [0, 0.1) is 0 Å². The lowest BCUT2D eigenvalue weighted by molar-refractivity contribution is 0.220. The zero-order valence-corrected chi connectivity index (χ0v) is 11.0. The van der Waals surface area contributed by atoms with Crippen molar-refractivity contribution in [2.45, 2.75) is 0 Å². The zero-order chi connectivity index (χ0) is 13.5. The minimum Gasteiger partial charge on any atom is -0.298 e. The molecule has 0 spiro atoms. The Hall–Kier alpha value is -0.950. The number of rotatable bonds is 8. The summed E-state index contributed by atoms with van der Waals surface area (Å²) in [6.45, 7) is 6.18. The Bertz CT molecular complexity index is 427. The Morgan fingerprint density at radius 3 is 2.00 bits per heavy atom. The molecule has 0 aromatic rings. The van der Waals surface area contributed by atoms with E-state index in [4.69, 9.17) is 0 Å². The van der Waals surface area contributed by atoms with E-state index in [1.54, 1.807) is 0 Å². The van der Waals surface area contributed by atoms with E-state index in [9.17, 15) is 17.8 Å². The van der Waals surface area contributed by atoms with Gasteiger partial charge in [0.25, 0.3) is 0 Å². The molecule has 0 atom stereocenters. The summed E-state index contributed by atoms with van der Waals surface area (Å²) in [6.07, 6.45) is 3.24. The minimum atomic E-state index is -4.21. The third-order valence-corrected chi connectivity index (χ3v) is 3.54. The highest BCUT2D eigenvalue weighted by molar-refractivity contribution is 7.91. The first-order valence-electron chi connectivity index (χ1n) is 4.38. The first-order chi connectivity index (χ1) is 7.75. The second-order valence-corrected chi connectivity index (χ2v) is 6.51. The van der Waals surface area contributed by atoms with E-state index in [0.29, 0.717) is 0 Å². The second kappa shape index (κ2) is 6.70. The molecule has 0 heterocycles. The van der Waals surface area contributed by atoms with Crippen LogP contribution in [0.5, 0.6) is 0 Å². The van der Waals surface area contributed by atoms with Gasteiger partial charge in [-0.2, -0.15) is 0 Å². The van der Waals surface area contributed by atoms with Gasteiger partial charge in [-0.1, -0.05) is 12.2 Å². The van der Waals surface area contributed by atoms with Crippen molar-refractivity contribution < 1.29 is 26.8 Å². The third kappa shape index (κ3) is 6.38. The summed E-state index contributed by atoms with van der Waals surface area (Å²) in [5, 5.41) is 0. The van der Waals surface area contributed by atoms with Crippen molar-refractivity contribution in [1.82, 2.24) is 4.72 Å². The molecule has 7 nitrogen and oxygen atoms in total. The number of amides is 1. The normalized spacial score (nSPS) is 11.8. The predicted octanol–water partition coefficient (Wildman–Crippen LogP) is 1.25. The summed E-state index contributed by atoms with van der Waals surface area (Å²) in [5.74, 6) is 0. The predicted molar refractivity (Wildman–Crippen MR) is 63.3 cm³/mol. The molecule has 9 heteroatoms. The molecule has 0 bridgehead atoms. The van der Waals surface area contributed by atoms with Crippen molar-refractivity contribution in [3.8, 4) is 0 Å². The Morgan fingerprint density at radius 1 is 1.29 bits per heavy atom. The second-order valence-electron chi connectivity index (χ2n) is 2.85. The Balaban J connectivity index is 4.89. The van der Waals surface area contributed by atoms with E-state index in [-0.39, 0.29) is 13.2 Å². The van der Waals surface area contributed by atoms with Gasteiger partial charge in [0, 0.05) is 0 Å². The number of nitrogens with one attached hydrogen (secondary N) is 1. The van der Waals surface area contributed by atoms with E-state index in [0.717, 1.165) is 6.26 Å². The van der Waals surface area contributed by atoms with Gasteiger partial charge in [-0.05, 0) is 0 Å². The number of hydrogen-bond acceptors (Lipinski definition) is 6. The van der Waals surface area contributed by atoms with Gasteiger partial charge in [0.2, 0.25) is 10.0 Å². The molecular weight excluding hydrogens is 269 g/mol. The lowest BCUT2D eigenvalue weighted by Gasteiger charge is -2.15. The van der Waals surface area contributed by atoms with Crippen molar-refractivity contribution in [2.75, 3.05) is 19.5 Å². The van der Waals surface area contributed by atoms with Gasteiger partial charge >= 0.3 is 13.2 Å². The van der Waals surface area contributed by atoms with Crippen LogP contribution < -0.4 is 4.72 Å². The van der Waals surface area contributed by atoms with Crippen LogP contribution in [0.1, 0.15) is 0 Å². The Labute approximate surface area is 100 Å². The summed E-state index contributed by atoms with van der Waals surface area (Å²) in [4.78, 5) is 11.4. The molecule has 0 aromatic carbocycles. The van der Waals surface area contributed by atoms with Crippen LogP contribution >= 0.6 is 7.60 Å². The maximum atomic E-state index is 11.9. The van der Waals surface area contributed by atoms with E-state index < -0.39 is 23.3 Å². The molecule has 0 aliphatic carbocycles. The monoisotopic (exact) mass is 283 g/mol. The molecule has 0 saturated heterocycles. The van der Waals surface area contributed by atoms with E-state index >= 15 is 0 Å². The maximum Gasteiger partial charge on any atom is 0.419 e. The summed E-state index contributed by atoms with van der Waals surface area (Å²) in [7, 11) is -8.05. The number of sulfonamides is 1. The number of carbonyl (C=O) groups is 1. The molecule has 0 saturated carbocycles. The van der Waals surface area contributed by atoms with Gasteiger partial charge < -0.3 is 0 Å². The maximum absolute atomic E-state index is 11.9. The Morgan fingerprint density at radius 2 is 1.71 bits per heavy atom. The van der Waals surface area contributed by atoms with E-state index in [2.05, 4.69) is 22.2 Å². The quantitative estimate of drug-likeness (QED) is 0.531. The van der Waals surface area contributed by atoms with Crippen LogP contribution in [0.3, 0.4) is 0 Å². The largest absolute Gasteiger partial charge is 0.419 e. The fraction of sp³-hybridized carbons (Fsp3) is 0.375. The molecule has 0 rings (SSSR count). The van der Waals surface area contributed by atoms with Gasteiger partial charge in [-0.25, -0.2) is 17.7 Å². The molecular formula is C8H14NO6PS. The standard InChI is InChI=1S/C8H14NO6PS/c1-4-6-14-16(11,15-7-5-2)8(10)9-17(3,12)13/h4-5H,1-2,6-7H2,3H3,(H,9,10). The number of carbonyl (C=O) groups excluding carboxylic acids is 1. The topological polar surface area (TPSA) is 98.8 Å². The zero-order valence-electron chi connectivity index (χ0n) is 9.29. The van der Waals surface area contributed by atoms with E-state index in [1.165, 1.54) is 16.9 Å². The molecule has 0 radical (unpaired) electrons. The van der Waals surface area contributed by atoms with Gasteiger partial charge in [0.15, 0.2) is 0 Å². The molecule has 17 heavy (non-hydrogen) atoms. The van der Waals surface area contributed by atoms with Crippen LogP contribution in [0.4, 0.5) is 4.79 Å². The van der Waals surface area contributed by atoms with Gasteiger partial charge in [-0.3, -0.25) is 13.8 Å². The van der Waals surface area contributed by atoms with Crippen LogP contribution in [-0.4, -0.2) is 33.5 Å². The molecule has 0 fully saturated rings. The molecule has 0 aliphatic heterocycles. The van der Waals surface area contributed by atoms with Crippen molar-refractivity contribution in [3.05, 3.63) is 25.3 Å². The molecule has 0 aliphatic rings. The average molecular weight is 283 g/mol. The summed E-state index contributed by atoms with van der Waals surface area (Å²) in [5.41, 5.74) is -1.34. The lowest BCUT2D eigenvalue weighted by atomic mass is 10.7. The van der Waals surface area contributed by atoms with Crippen LogP contribution in [0.15, 0.2) is 25.3 Å². The molecule has 0 unspecified atom stereocenters. The summed E-state index contributed by atoms with van der Waals surface area (Å²) in [6, 6.07) is 0. The van der Waals surface area contributed by atoms with Crippen LogP contribution in [0.2, 0.25) is 0 Å². The van der Waals surface area contributed by atoms with Crippen molar-refractivity contribution >= 4 is 23.3 Å². The van der Waals surface area contributed by atoms with Gasteiger partial charge in [-0.15, -0.1) is 13.2 Å². The van der Waals surface area contributed by atoms with Crippen molar-refractivity contribution in [2.24, 2.45) is 0 Å². The van der Waals surface area contributed by atoms with Crippen LogP contribution in [0.25, 0.3) is 0 Å². The fourth-order valence-electron chi connectivity index (χ4n) is 0.671. The van der Waals surface area contributed by atoms with Crippen molar-refractivity contribution in [3.63, 3.8) is 0 Å². The lowest BCUT2D eigenvalue weighted by Crippen LogP contribution is -2.29. The molecule has 1 amide bonds. The smallest absolute Gasteiger partial charge is 0.298 e. The Kier molecular flexibility index (Phi) is 6.33. The summed E-state index contributed by atoms with van der Waals surface area (Å²) >= 11 is 0. The summed E-state index contributed by atoms with van der Waals surface area (Å²) < 4.78 is 44.4. The highest BCUT2D eigenvalue weighted by Gasteiger charge is 2.36. The first-order valence-corrected chi connectivity index (χ1v) is 7.82. The SMILES string of the molecule is C=CCOP(=O)(OCC=C)C(=O)NS(C)(=O)=O. The van der Waals surface area contributed by atoms with Crippen LogP contribution in [-0.2, 0) is 23.6 Å². The van der Waals surface area contributed by atoms with Gasteiger partial charge in [0.1, 0.15) is 0 Å². The minimum absolute atomic E-state index is 0.217. The molecule has 98 valence electrons. The molecule has 1 N–H and O–H groups in total. The average Bonchev–Trinajstić information content (AvgIpc) is 2.21. The molecule has 0 aromatic heterocycles. The fourth-order valence-corrected chi connectivity index (χ4v) is 2.84. The van der Waals surface area contributed by atoms with Gasteiger partial charge in [0.05, 0.1) is 19.5 Å². The number of hydrogen-bond donors (Lipinski definition) is 1.